The molecule has 4 aromatic rings. The zero-order chi connectivity index (χ0) is 36.8. The van der Waals surface area contributed by atoms with E-state index in [0.29, 0.717) is 33.7 Å². The molecule has 13 nitrogen and oxygen atoms in total. The maximum Gasteiger partial charge on any atom is 0.339 e. The van der Waals surface area contributed by atoms with Crippen LogP contribution in [0.4, 0.5) is 21.9 Å². The molecule has 3 aliphatic heterocycles. The van der Waals surface area contributed by atoms with E-state index in [1.54, 1.807) is 55.2 Å². The Hall–Kier alpha value is -3.96. The van der Waals surface area contributed by atoms with Crippen molar-refractivity contribution in [1.82, 2.24) is 19.7 Å². The van der Waals surface area contributed by atoms with Crippen LogP contribution in [-0.2, 0) is 31.4 Å². The number of carbonyl (C=O) groups excluding carboxylic acids is 3. The molecule has 4 heterocycles. The molecule has 0 bridgehead atoms. The third-order valence-electron chi connectivity index (χ3n) is 9.42. The van der Waals surface area contributed by atoms with E-state index in [1.165, 1.54) is 13.3 Å². The van der Waals surface area contributed by atoms with Crippen LogP contribution < -0.4 is 19.4 Å². The molecular formula is C36H36Cl2IN7O6. The van der Waals surface area contributed by atoms with Gasteiger partial charge in [-0.3, -0.25) is 9.59 Å². The molecule has 3 atom stereocenters. The summed E-state index contributed by atoms with van der Waals surface area (Å²) < 4.78 is 20.7. The average Bonchev–Trinajstić information content (AvgIpc) is 3.82. The molecular weight excluding hydrogens is 824 g/mol. The lowest BCUT2D eigenvalue weighted by Gasteiger charge is -2.41. The van der Waals surface area contributed by atoms with Gasteiger partial charge in [0.2, 0.25) is 11.7 Å². The molecule has 1 aromatic heterocycles. The Bertz CT molecular complexity index is 1970. The zero-order valence-corrected chi connectivity index (χ0v) is 32.3. The zero-order valence-electron chi connectivity index (χ0n) is 28.6. The number of alkyl halides is 1. The number of aromatic nitrogens is 3. The first kappa shape index (κ1) is 36.4. The first-order valence-corrected chi connectivity index (χ1v) is 18.6. The molecule has 272 valence electrons. The van der Waals surface area contributed by atoms with Crippen LogP contribution in [0.1, 0.15) is 26.3 Å². The maximum absolute atomic E-state index is 13.1. The highest BCUT2D eigenvalue weighted by molar-refractivity contribution is 14.1. The van der Waals surface area contributed by atoms with Crippen LogP contribution in [0.5, 0.6) is 5.75 Å². The van der Waals surface area contributed by atoms with E-state index < -0.39 is 29.2 Å². The Balaban J connectivity index is 0.946. The maximum atomic E-state index is 13.1. The number of amides is 4. The van der Waals surface area contributed by atoms with Crippen LogP contribution in [0.2, 0.25) is 10.0 Å². The highest BCUT2D eigenvalue weighted by atomic mass is 127. The van der Waals surface area contributed by atoms with Gasteiger partial charge in [0.15, 0.2) is 0 Å². The molecule has 3 aliphatic rings. The van der Waals surface area contributed by atoms with E-state index in [4.69, 9.17) is 37.4 Å². The number of anilines is 3. The number of hydrogen-bond donors (Lipinski definition) is 0. The highest BCUT2D eigenvalue weighted by Crippen LogP contribution is 2.41. The van der Waals surface area contributed by atoms with Gasteiger partial charge in [0, 0.05) is 48.5 Å². The molecule has 3 saturated heterocycles. The second kappa shape index (κ2) is 14.5. The normalized spacial score (nSPS) is 23.1. The number of imide groups is 2. The van der Waals surface area contributed by atoms with E-state index in [1.807, 2.05) is 36.4 Å². The number of hydrogen-bond acceptors (Lipinski definition) is 10. The lowest BCUT2D eigenvalue weighted by atomic mass is 10.0. The van der Waals surface area contributed by atoms with Crippen molar-refractivity contribution >= 4 is 80.7 Å². The summed E-state index contributed by atoms with van der Waals surface area (Å²) in [5.74, 6) is -1.37. The Morgan fingerprint density at radius 1 is 1.00 bits per heavy atom. The predicted octanol–water partition coefficient (Wildman–Crippen LogP) is 6.11. The molecule has 0 saturated carbocycles. The Labute approximate surface area is 324 Å². The summed E-state index contributed by atoms with van der Waals surface area (Å²) in [5.41, 5.74) is 1.90. The third-order valence-corrected chi connectivity index (χ3v) is 11.0. The van der Waals surface area contributed by atoms with Crippen LogP contribution in [-0.4, -0.2) is 86.0 Å². The van der Waals surface area contributed by atoms with Gasteiger partial charge in [0.05, 0.1) is 21.4 Å². The molecule has 3 aromatic carbocycles. The number of nitrogens with zero attached hydrogens (tertiary/aromatic N) is 7. The fourth-order valence-electron chi connectivity index (χ4n) is 6.83. The minimum absolute atomic E-state index is 0.154. The summed E-state index contributed by atoms with van der Waals surface area (Å²) in [5, 5.41) is 5.17. The van der Waals surface area contributed by atoms with Gasteiger partial charge in [-0.25, -0.2) is 24.3 Å². The fourth-order valence-corrected chi connectivity index (χ4v) is 8.46. The minimum Gasteiger partial charge on any atom is -0.491 e. The summed E-state index contributed by atoms with van der Waals surface area (Å²) in [4.78, 5) is 49.0. The summed E-state index contributed by atoms with van der Waals surface area (Å²) in [6, 6.07) is 19.9. The summed E-state index contributed by atoms with van der Waals surface area (Å²) in [6.07, 6.45) is 2.68. The molecule has 16 heteroatoms. The van der Waals surface area contributed by atoms with Crippen molar-refractivity contribution in [3.8, 4) is 5.75 Å². The van der Waals surface area contributed by atoms with E-state index in [9.17, 15) is 14.4 Å². The Morgan fingerprint density at radius 2 is 1.71 bits per heavy atom. The van der Waals surface area contributed by atoms with Gasteiger partial charge in [0.25, 0.3) is 5.91 Å². The monoisotopic (exact) mass is 859 g/mol. The molecule has 0 spiro atoms. The van der Waals surface area contributed by atoms with Crippen molar-refractivity contribution < 1.29 is 28.6 Å². The van der Waals surface area contributed by atoms with Crippen LogP contribution >= 0.6 is 45.8 Å². The van der Waals surface area contributed by atoms with Gasteiger partial charge in [-0.15, -0.1) is 0 Å². The topological polar surface area (TPSA) is 123 Å². The summed E-state index contributed by atoms with van der Waals surface area (Å²) in [6.45, 7) is 7.60. The number of carbonyl (C=O) groups is 3. The van der Waals surface area contributed by atoms with Gasteiger partial charge in [-0.05, 0) is 74.5 Å². The molecule has 0 radical (unpaired) electrons. The first-order chi connectivity index (χ1) is 24.9. The van der Waals surface area contributed by atoms with Crippen LogP contribution in [0.15, 0.2) is 79.4 Å². The standard InChI is InChI=1S/C36H36Cl2IN7O6/c1-23(47)46-34(49)45(33(48)35(46,2)3)27-7-5-26(6-8-27)44-15-14-42(17-32(44)39)25-9-11-28(12-10-25)50-18-29-19-51-36(52-29,20-43-22-40-21-41-43)30-13-4-24(37)16-31(30)38/h4-13,16,21-22,29,32H,14-15,17-20H2,1-3H3. The van der Waals surface area contributed by atoms with Gasteiger partial charge < -0.3 is 24.0 Å². The Morgan fingerprint density at radius 3 is 2.35 bits per heavy atom. The summed E-state index contributed by atoms with van der Waals surface area (Å²) in [7, 11) is 0. The highest BCUT2D eigenvalue weighted by Gasteiger charge is 2.54. The quantitative estimate of drug-likeness (QED) is 0.0844. The molecule has 3 fully saturated rings. The van der Waals surface area contributed by atoms with Crippen LogP contribution in [0.3, 0.4) is 0 Å². The van der Waals surface area contributed by atoms with Gasteiger partial charge in [-0.1, -0.05) is 51.9 Å². The van der Waals surface area contributed by atoms with E-state index in [2.05, 4.69) is 42.5 Å². The van der Waals surface area contributed by atoms with Crippen LogP contribution in [0.25, 0.3) is 0 Å². The largest absolute Gasteiger partial charge is 0.491 e. The molecule has 7 rings (SSSR count). The third kappa shape index (κ3) is 6.94. The van der Waals surface area contributed by atoms with E-state index >= 15 is 0 Å². The average molecular weight is 861 g/mol. The van der Waals surface area contributed by atoms with Gasteiger partial charge in [0.1, 0.15) is 43.2 Å². The molecule has 0 aliphatic carbocycles. The van der Waals surface area contributed by atoms with E-state index in [0.717, 1.165) is 40.8 Å². The second-order valence-electron chi connectivity index (χ2n) is 13.3. The smallest absolute Gasteiger partial charge is 0.339 e. The molecule has 3 unspecified atom stereocenters. The van der Waals surface area contributed by atoms with Crippen LogP contribution in [0, 0.1) is 0 Å². The lowest BCUT2D eigenvalue weighted by molar-refractivity contribution is -0.190. The number of ether oxygens (including phenoxy) is 3. The molecule has 4 amide bonds. The van der Waals surface area contributed by atoms with Crippen molar-refractivity contribution in [2.75, 3.05) is 47.5 Å². The fraction of sp³-hybridized carbons (Fsp3) is 0.361. The summed E-state index contributed by atoms with van der Waals surface area (Å²) >= 11 is 15.2. The minimum atomic E-state index is -1.24. The Kier molecular flexibility index (Phi) is 10.1. The SMILES string of the molecule is CC(=O)N1C(=O)N(c2ccc(N3CCN(c4ccc(OCC5COC(Cn6cncn6)(c6ccc(Cl)cc6Cl)O5)cc4)CC3I)cc2)C(=O)C1(C)C. The number of piperazine rings is 1. The molecule has 0 N–H and O–H groups in total. The van der Waals surface area contributed by atoms with Crippen molar-refractivity contribution in [1.29, 1.82) is 0 Å². The predicted molar refractivity (Wildman–Crippen MR) is 204 cm³/mol. The van der Waals surface area contributed by atoms with Crippen molar-refractivity contribution in [3.63, 3.8) is 0 Å². The first-order valence-electron chi connectivity index (χ1n) is 16.6. The number of rotatable bonds is 9. The number of urea groups is 1. The molecule has 52 heavy (non-hydrogen) atoms. The van der Waals surface area contributed by atoms with Crippen molar-refractivity contribution in [3.05, 3.63) is 95.0 Å². The van der Waals surface area contributed by atoms with Gasteiger partial charge >= 0.3 is 6.03 Å². The van der Waals surface area contributed by atoms with Gasteiger partial charge in [-0.2, -0.15) is 5.10 Å². The van der Waals surface area contributed by atoms with Crippen molar-refractivity contribution in [2.45, 2.75) is 48.8 Å². The van der Waals surface area contributed by atoms with E-state index in [-0.39, 0.29) is 23.3 Å². The number of halogens is 3. The second-order valence-corrected chi connectivity index (χ2v) is 15.5. The number of benzene rings is 3. The lowest BCUT2D eigenvalue weighted by Crippen LogP contribution is -2.50. The van der Waals surface area contributed by atoms with Crippen molar-refractivity contribution in [2.24, 2.45) is 0 Å².